The molecule has 1 N–H and O–H groups in total. The molecule has 1 atom stereocenters. The van der Waals surface area contributed by atoms with Crippen molar-refractivity contribution in [2.75, 3.05) is 11.9 Å². The van der Waals surface area contributed by atoms with Crippen LogP contribution in [0, 0.1) is 20.8 Å². The zero-order chi connectivity index (χ0) is 21.8. The molecule has 0 radical (unpaired) electrons. The number of amides is 1. The fourth-order valence-corrected chi connectivity index (χ4v) is 3.80. The minimum atomic E-state index is -0.178. The van der Waals surface area contributed by atoms with E-state index < -0.39 is 0 Å². The number of likely N-dealkylation sites (tertiary alicyclic amines) is 1. The normalized spacial score (nSPS) is 16.6. The molecule has 4 rings (SSSR count). The molecule has 0 bridgehead atoms. The number of nitrogens with one attached hydrogen (secondary N) is 1. The van der Waals surface area contributed by atoms with Crippen LogP contribution in [0.2, 0.25) is 0 Å². The lowest BCUT2D eigenvalue weighted by molar-refractivity contribution is -0.129. The molecule has 1 fully saturated rings. The molecule has 0 spiro atoms. The molecule has 1 saturated heterocycles. The second kappa shape index (κ2) is 9.07. The SMILES string of the molecule is Cc1cc(C)nc(Nc2cc(C)nc(C3CCCCN3C(=O)C=Cc3ccco3)n2)n1. The second-order valence-electron chi connectivity index (χ2n) is 7.74. The average molecular weight is 419 g/mol. The molecule has 160 valence electrons. The largest absolute Gasteiger partial charge is 0.465 e. The zero-order valence-electron chi connectivity index (χ0n) is 18.0. The van der Waals surface area contributed by atoms with Crippen molar-refractivity contribution in [2.24, 2.45) is 0 Å². The summed E-state index contributed by atoms with van der Waals surface area (Å²) in [6.45, 7) is 6.45. The quantitative estimate of drug-likeness (QED) is 0.617. The molecule has 8 heteroatoms. The number of anilines is 2. The highest BCUT2D eigenvalue weighted by molar-refractivity contribution is 5.91. The topological polar surface area (TPSA) is 97.0 Å². The van der Waals surface area contributed by atoms with E-state index in [2.05, 4.69) is 20.3 Å². The van der Waals surface area contributed by atoms with Gasteiger partial charge in [-0.15, -0.1) is 0 Å². The predicted octanol–water partition coefficient (Wildman–Crippen LogP) is 4.30. The number of carbonyl (C=O) groups is 1. The summed E-state index contributed by atoms with van der Waals surface area (Å²) >= 11 is 0. The van der Waals surface area contributed by atoms with E-state index in [9.17, 15) is 4.79 Å². The third-order valence-corrected chi connectivity index (χ3v) is 5.11. The Labute approximate surface area is 181 Å². The number of piperidine rings is 1. The maximum atomic E-state index is 12.9. The molecule has 1 aliphatic rings. The van der Waals surface area contributed by atoms with Crippen molar-refractivity contribution in [3.05, 3.63) is 65.3 Å². The van der Waals surface area contributed by atoms with Crippen LogP contribution in [0.5, 0.6) is 0 Å². The van der Waals surface area contributed by atoms with E-state index in [1.165, 1.54) is 0 Å². The summed E-state index contributed by atoms with van der Waals surface area (Å²) in [7, 11) is 0. The minimum absolute atomic E-state index is 0.0710. The fourth-order valence-electron chi connectivity index (χ4n) is 3.80. The van der Waals surface area contributed by atoms with E-state index in [4.69, 9.17) is 9.40 Å². The smallest absolute Gasteiger partial charge is 0.247 e. The number of aryl methyl sites for hydroxylation is 3. The van der Waals surface area contributed by atoms with Crippen LogP contribution in [0.4, 0.5) is 11.8 Å². The molecule has 3 aromatic rings. The van der Waals surface area contributed by atoms with Gasteiger partial charge in [0.1, 0.15) is 11.6 Å². The van der Waals surface area contributed by atoms with Crippen molar-refractivity contribution in [1.82, 2.24) is 24.8 Å². The highest BCUT2D eigenvalue weighted by Crippen LogP contribution is 2.30. The van der Waals surface area contributed by atoms with Gasteiger partial charge in [-0.3, -0.25) is 4.79 Å². The Hall–Kier alpha value is -3.55. The summed E-state index contributed by atoms with van der Waals surface area (Å²) < 4.78 is 5.29. The third-order valence-electron chi connectivity index (χ3n) is 5.11. The Balaban J connectivity index is 1.58. The number of carbonyl (C=O) groups excluding carboxylic acids is 1. The van der Waals surface area contributed by atoms with Crippen LogP contribution in [0.1, 0.15) is 54.0 Å². The number of aromatic nitrogens is 4. The van der Waals surface area contributed by atoms with E-state index >= 15 is 0 Å². The van der Waals surface area contributed by atoms with Crippen LogP contribution in [0.15, 0.2) is 41.0 Å². The van der Waals surface area contributed by atoms with Crippen LogP contribution in [0.3, 0.4) is 0 Å². The van der Waals surface area contributed by atoms with Gasteiger partial charge in [-0.25, -0.2) is 19.9 Å². The van der Waals surface area contributed by atoms with Crippen molar-refractivity contribution in [3.8, 4) is 0 Å². The molecule has 0 aromatic carbocycles. The Bertz CT molecular complexity index is 1070. The fraction of sp³-hybridized carbons (Fsp3) is 0.348. The summed E-state index contributed by atoms with van der Waals surface area (Å²) in [5, 5.41) is 3.19. The molecule has 0 aliphatic carbocycles. The van der Waals surface area contributed by atoms with Gasteiger partial charge in [-0.2, -0.15) is 0 Å². The van der Waals surface area contributed by atoms with Gasteiger partial charge < -0.3 is 14.6 Å². The highest BCUT2D eigenvalue weighted by Gasteiger charge is 2.29. The van der Waals surface area contributed by atoms with Crippen LogP contribution in [-0.4, -0.2) is 37.3 Å². The van der Waals surface area contributed by atoms with Crippen molar-refractivity contribution in [2.45, 2.75) is 46.1 Å². The summed E-state index contributed by atoms with van der Waals surface area (Å²) in [6.07, 6.45) is 7.64. The summed E-state index contributed by atoms with van der Waals surface area (Å²) in [5.74, 6) is 2.33. The minimum Gasteiger partial charge on any atom is -0.465 e. The van der Waals surface area contributed by atoms with Gasteiger partial charge in [0.05, 0.1) is 12.3 Å². The maximum Gasteiger partial charge on any atom is 0.247 e. The van der Waals surface area contributed by atoms with Crippen molar-refractivity contribution >= 4 is 23.7 Å². The number of hydrogen-bond acceptors (Lipinski definition) is 7. The number of hydrogen-bond donors (Lipinski definition) is 1. The van der Waals surface area contributed by atoms with E-state index in [0.29, 0.717) is 29.9 Å². The lowest BCUT2D eigenvalue weighted by atomic mass is 10.0. The summed E-state index contributed by atoms with van der Waals surface area (Å²) in [6, 6.07) is 7.21. The standard InChI is InChI=1S/C23H26N6O2/c1-15-13-16(2)26-23(25-15)28-20-14-17(3)24-22(27-20)19-8-4-5-11-29(19)21(30)10-9-18-7-6-12-31-18/h6-7,9-10,12-14,19H,4-5,8,11H2,1-3H3,(H,24,25,26,27,28). The van der Waals surface area contributed by atoms with Gasteiger partial charge in [0.15, 0.2) is 5.82 Å². The third kappa shape index (κ3) is 5.14. The number of furan rings is 1. The molecule has 1 aliphatic heterocycles. The van der Waals surface area contributed by atoms with E-state index in [0.717, 1.165) is 36.3 Å². The molecule has 1 unspecified atom stereocenters. The van der Waals surface area contributed by atoms with Crippen molar-refractivity contribution < 1.29 is 9.21 Å². The van der Waals surface area contributed by atoms with Crippen LogP contribution in [-0.2, 0) is 4.79 Å². The monoisotopic (exact) mass is 418 g/mol. The van der Waals surface area contributed by atoms with E-state index in [1.807, 2.05) is 43.9 Å². The van der Waals surface area contributed by atoms with Crippen molar-refractivity contribution in [3.63, 3.8) is 0 Å². The number of rotatable bonds is 5. The molecule has 1 amide bonds. The van der Waals surface area contributed by atoms with Crippen molar-refractivity contribution in [1.29, 1.82) is 0 Å². The molecule has 8 nitrogen and oxygen atoms in total. The van der Waals surface area contributed by atoms with Gasteiger partial charge in [-0.1, -0.05) is 0 Å². The molecular weight excluding hydrogens is 392 g/mol. The van der Waals surface area contributed by atoms with Gasteiger partial charge in [0.2, 0.25) is 11.9 Å². The molecule has 0 saturated carbocycles. The van der Waals surface area contributed by atoms with Gasteiger partial charge in [-0.05, 0) is 64.3 Å². The summed E-state index contributed by atoms with van der Waals surface area (Å²) in [4.78, 5) is 33.0. The Morgan fingerprint density at radius 1 is 1.10 bits per heavy atom. The van der Waals surface area contributed by atoms with Gasteiger partial charge in [0.25, 0.3) is 0 Å². The number of nitrogens with zero attached hydrogens (tertiary/aromatic N) is 5. The molecule has 4 heterocycles. The molecule has 31 heavy (non-hydrogen) atoms. The molecular formula is C23H26N6O2. The first-order valence-electron chi connectivity index (χ1n) is 10.4. The van der Waals surface area contributed by atoms with Crippen LogP contribution in [0.25, 0.3) is 6.08 Å². The average Bonchev–Trinajstić information content (AvgIpc) is 3.24. The summed E-state index contributed by atoms with van der Waals surface area (Å²) in [5.41, 5.74) is 2.59. The van der Waals surface area contributed by atoms with E-state index in [1.54, 1.807) is 24.5 Å². The second-order valence-corrected chi connectivity index (χ2v) is 7.74. The lowest BCUT2D eigenvalue weighted by Gasteiger charge is -2.34. The highest BCUT2D eigenvalue weighted by atomic mass is 16.3. The van der Waals surface area contributed by atoms with Gasteiger partial charge in [0, 0.05) is 35.8 Å². The predicted molar refractivity (Wildman–Crippen MR) is 118 cm³/mol. The first kappa shape index (κ1) is 20.7. The Kier molecular flexibility index (Phi) is 6.06. The van der Waals surface area contributed by atoms with Crippen LogP contribution >= 0.6 is 0 Å². The van der Waals surface area contributed by atoms with Crippen LogP contribution < -0.4 is 5.32 Å². The maximum absolute atomic E-state index is 12.9. The Morgan fingerprint density at radius 3 is 2.61 bits per heavy atom. The first-order valence-corrected chi connectivity index (χ1v) is 10.4. The van der Waals surface area contributed by atoms with E-state index in [-0.39, 0.29) is 11.9 Å². The Morgan fingerprint density at radius 2 is 1.87 bits per heavy atom. The zero-order valence-corrected chi connectivity index (χ0v) is 18.0. The molecule has 3 aromatic heterocycles. The first-order chi connectivity index (χ1) is 15.0. The lowest BCUT2D eigenvalue weighted by Crippen LogP contribution is -2.38. The van der Waals surface area contributed by atoms with Gasteiger partial charge >= 0.3 is 0 Å².